The third-order valence-electron chi connectivity index (χ3n) is 1.66. The van der Waals surface area contributed by atoms with Gasteiger partial charge in [0.25, 0.3) is 0 Å². The highest BCUT2D eigenvalue weighted by atomic mass is 32.1. The Labute approximate surface area is 87.1 Å². The molecule has 78 valence electrons. The van der Waals surface area contributed by atoms with Crippen molar-refractivity contribution in [2.24, 2.45) is 5.73 Å². The van der Waals surface area contributed by atoms with Crippen LogP contribution < -0.4 is 5.73 Å². The number of hydrogen-bond acceptors (Lipinski definition) is 5. The van der Waals surface area contributed by atoms with Crippen LogP contribution in [-0.4, -0.2) is 18.1 Å². The van der Waals surface area contributed by atoms with E-state index in [4.69, 9.17) is 5.73 Å². The molecule has 0 atom stereocenters. The molecule has 4 nitrogen and oxygen atoms in total. The molecule has 5 heteroatoms. The molecule has 0 aliphatic rings. The van der Waals surface area contributed by atoms with E-state index in [2.05, 4.69) is 9.72 Å². The van der Waals surface area contributed by atoms with Crippen LogP contribution in [0.3, 0.4) is 0 Å². The predicted molar refractivity (Wildman–Crippen MR) is 55.0 cm³/mol. The molecule has 0 aliphatic carbocycles. The van der Waals surface area contributed by atoms with Crippen LogP contribution in [-0.2, 0) is 21.5 Å². The lowest BCUT2D eigenvalue weighted by Gasteiger charge is -2.13. The minimum absolute atomic E-state index is 0.211. The molecule has 0 aromatic carbocycles. The Bertz CT molecular complexity index is 328. The second-order valence-electron chi connectivity index (χ2n) is 3.62. The van der Waals surface area contributed by atoms with Gasteiger partial charge in [0.05, 0.1) is 24.8 Å². The van der Waals surface area contributed by atoms with Crippen molar-refractivity contribution in [1.82, 2.24) is 4.98 Å². The first-order valence-electron chi connectivity index (χ1n) is 4.24. The standard InChI is InChI=1S/C9H14N2O2S/c1-9(2,10)8-11-6(5-14-8)4-7(12)13-3/h5H,4,10H2,1-3H3. The van der Waals surface area contributed by atoms with Crippen molar-refractivity contribution >= 4 is 17.3 Å². The summed E-state index contributed by atoms with van der Waals surface area (Å²) in [4.78, 5) is 15.2. The van der Waals surface area contributed by atoms with Crippen molar-refractivity contribution in [3.8, 4) is 0 Å². The molecule has 0 radical (unpaired) electrons. The van der Waals surface area contributed by atoms with Gasteiger partial charge in [-0.3, -0.25) is 4.79 Å². The molecule has 2 N–H and O–H groups in total. The lowest BCUT2D eigenvalue weighted by atomic mass is 10.1. The van der Waals surface area contributed by atoms with E-state index >= 15 is 0 Å². The van der Waals surface area contributed by atoms with Gasteiger partial charge in [0, 0.05) is 5.38 Å². The number of methoxy groups -OCH3 is 1. The maximum absolute atomic E-state index is 11.0. The van der Waals surface area contributed by atoms with Crippen molar-refractivity contribution in [2.45, 2.75) is 25.8 Å². The van der Waals surface area contributed by atoms with Crippen molar-refractivity contribution in [3.05, 3.63) is 16.1 Å². The van der Waals surface area contributed by atoms with E-state index in [1.54, 1.807) is 0 Å². The van der Waals surface area contributed by atoms with Gasteiger partial charge >= 0.3 is 5.97 Å². The minimum Gasteiger partial charge on any atom is -0.469 e. The summed E-state index contributed by atoms with van der Waals surface area (Å²) in [5.74, 6) is -0.281. The third-order valence-corrected chi connectivity index (χ3v) is 2.89. The molecule has 0 aliphatic heterocycles. The van der Waals surface area contributed by atoms with Gasteiger partial charge in [0.2, 0.25) is 0 Å². The Morgan fingerprint density at radius 3 is 2.79 bits per heavy atom. The summed E-state index contributed by atoms with van der Waals surface area (Å²) in [6.07, 6.45) is 0.211. The second-order valence-corrected chi connectivity index (χ2v) is 4.48. The fourth-order valence-corrected chi connectivity index (χ4v) is 1.76. The van der Waals surface area contributed by atoms with Gasteiger partial charge in [-0.2, -0.15) is 0 Å². The van der Waals surface area contributed by atoms with Crippen LogP contribution in [0.4, 0.5) is 0 Å². The largest absolute Gasteiger partial charge is 0.469 e. The molecular weight excluding hydrogens is 200 g/mol. The minimum atomic E-state index is -0.445. The topological polar surface area (TPSA) is 65.2 Å². The highest BCUT2D eigenvalue weighted by Crippen LogP contribution is 2.21. The Balaban J connectivity index is 2.74. The number of esters is 1. The Morgan fingerprint density at radius 1 is 1.71 bits per heavy atom. The molecule has 1 aromatic heterocycles. The van der Waals surface area contributed by atoms with Gasteiger partial charge in [-0.05, 0) is 13.8 Å². The molecule has 0 amide bonds. The smallest absolute Gasteiger partial charge is 0.311 e. The number of nitrogens with zero attached hydrogens (tertiary/aromatic N) is 1. The van der Waals surface area contributed by atoms with E-state index in [0.29, 0.717) is 0 Å². The zero-order valence-corrected chi connectivity index (χ0v) is 9.35. The first-order chi connectivity index (χ1) is 6.43. The molecule has 1 aromatic rings. The maximum Gasteiger partial charge on any atom is 0.311 e. The Morgan fingerprint density at radius 2 is 2.36 bits per heavy atom. The highest BCUT2D eigenvalue weighted by molar-refractivity contribution is 7.09. The molecule has 14 heavy (non-hydrogen) atoms. The van der Waals surface area contributed by atoms with Crippen molar-refractivity contribution in [2.75, 3.05) is 7.11 Å². The zero-order chi connectivity index (χ0) is 10.8. The summed E-state index contributed by atoms with van der Waals surface area (Å²) in [7, 11) is 1.36. The summed E-state index contributed by atoms with van der Waals surface area (Å²) in [6, 6.07) is 0. The van der Waals surface area contributed by atoms with E-state index in [0.717, 1.165) is 10.7 Å². The van der Waals surface area contributed by atoms with Gasteiger partial charge in [0.15, 0.2) is 0 Å². The van der Waals surface area contributed by atoms with Crippen molar-refractivity contribution in [3.63, 3.8) is 0 Å². The molecule has 1 rings (SSSR count). The van der Waals surface area contributed by atoms with E-state index in [1.807, 2.05) is 19.2 Å². The number of carbonyl (C=O) groups excluding carboxylic acids is 1. The number of thiazole rings is 1. The second kappa shape index (κ2) is 4.06. The van der Waals surface area contributed by atoms with Crippen molar-refractivity contribution < 1.29 is 9.53 Å². The first-order valence-corrected chi connectivity index (χ1v) is 5.12. The van der Waals surface area contributed by atoms with E-state index in [9.17, 15) is 4.79 Å². The van der Waals surface area contributed by atoms with Crippen LogP contribution in [0.2, 0.25) is 0 Å². The molecule has 0 saturated heterocycles. The van der Waals surface area contributed by atoms with E-state index < -0.39 is 5.54 Å². The molecule has 0 saturated carbocycles. The number of ether oxygens (including phenoxy) is 1. The van der Waals surface area contributed by atoms with Crippen LogP contribution in [0, 0.1) is 0 Å². The Kier molecular flexibility index (Phi) is 3.23. The van der Waals surface area contributed by atoms with Crippen LogP contribution in [0.5, 0.6) is 0 Å². The van der Waals surface area contributed by atoms with E-state index in [1.165, 1.54) is 18.4 Å². The van der Waals surface area contributed by atoms with Gasteiger partial charge < -0.3 is 10.5 Å². The average Bonchev–Trinajstić information content (AvgIpc) is 2.51. The van der Waals surface area contributed by atoms with Gasteiger partial charge in [-0.1, -0.05) is 0 Å². The lowest BCUT2D eigenvalue weighted by Crippen LogP contribution is -2.28. The van der Waals surface area contributed by atoms with Crippen LogP contribution >= 0.6 is 11.3 Å². The zero-order valence-electron chi connectivity index (χ0n) is 8.53. The number of hydrogen-bond donors (Lipinski definition) is 1. The molecule has 0 unspecified atom stereocenters. The summed E-state index contributed by atoms with van der Waals surface area (Å²) < 4.78 is 4.54. The van der Waals surface area contributed by atoms with Crippen LogP contribution in [0.15, 0.2) is 5.38 Å². The molecular formula is C9H14N2O2S. The maximum atomic E-state index is 11.0. The van der Waals surface area contributed by atoms with Gasteiger partial charge in [0.1, 0.15) is 5.01 Å². The summed E-state index contributed by atoms with van der Waals surface area (Å²) in [5, 5.41) is 2.66. The van der Waals surface area contributed by atoms with Gasteiger partial charge in [-0.25, -0.2) is 4.98 Å². The fourth-order valence-electron chi connectivity index (χ4n) is 0.904. The number of rotatable bonds is 3. The lowest BCUT2D eigenvalue weighted by molar-refractivity contribution is -0.139. The normalized spacial score (nSPS) is 11.4. The Hall–Kier alpha value is -0.940. The SMILES string of the molecule is COC(=O)Cc1csc(C(C)(C)N)n1. The highest BCUT2D eigenvalue weighted by Gasteiger charge is 2.19. The number of aromatic nitrogens is 1. The van der Waals surface area contributed by atoms with Crippen LogP contribution in [0.1, 0.15) is 24.5 Å². The fraction of sp³-hybridized carbons (Fsp3) is 0.556. The quantitative estimate of drug-likeness (QED) is 0.764. The van der Waals surface area contributed by atoms with E-state index in [-0.39, 0.29) is 12.4 Å². The summed E-state index contributed by atoms with van der Waals surface area (Å²) in [5.41, 5.74) is 6.14. The molecule has 0 bridgehead atoms. The van der Waals surface area contributed by atoms with Crippen molar-refractivity contribution in [1.29, 1.82) is 0 Å². The average molecular weight is 214 g/mol. The molecule has 0 spiro atoms. The van der Waals surface area contributed by atoms with Crippen LogP contribution in [0.25, 0.3) is 0 Å². The molecule has 0 fully saturated rings. The third kappa shape index (κ3) is 2.78. The van der Waals surface area contributed by atoms with Gasteiger partial charge in [-0.15, -0.1) is 11.3 Å². The summed E-state index contributed by atoms with van der Waals surface area (Å²) >= 11 is 1.47. The predicted octanol–water partition coefficient (Wildman–Crippen LogP) is 1.05. The number of nitrogens with two attached hydrogens (primary N) is 1. The molecule has 1 heterocycles. The summed E-state index contributed by atoms with van der Waals surface area (Å²) in [6.45, 7) is 3.77. The number of carbonyl (C=O) groups is 1. The first kappa shape index (κ1) is 11.1. The monoisotopic (exact) mass is 214 g/mol.